The predicted octanol–water partition coefficient (Wildman–Crippen LogP) is 4.12. The van der Waals surface area contributed by atoms with Crippen molar-refractivity contribution in [2.45, 2.75) is 44.9 Å². The smallest absolute Gasteiger partial charge is 0.337 e. The van der Waals surface area contributed by atoms with Crippen LogP contribution in [0.4, 0.5) is 5.69 Å². The topological polar surface area (TPSA) is 81.6 Å². The molecule has 0 saturated heterocycles. The Morgan fingerprint density at radius 1 is 1.12 bits per heavy atom. The highest BCUT2D eigenvalue weighted by Gasteiger charge is 2.31. The SMILES string of the molecule is Nc1c(Cl)c(Cl)[nH+]c(C(=O)N/N=C2/CC[C@@H]3CCCC[C@H]3C2)c1Cl. The Morgan fingerprint density at radius 3 is 2.58 bits per heavy atom. The van der Waals surface area contributed by atoms with E-state index < -0.39 is 5.91 Å². The zero-order chi connectivity index (χ0) is 17.3. The van der Waals surface area contributed by atoms with Crippen LogP contribution in [0.25, 0.3) is 0 Å². The average molecular weight is 391 g/mol. The number of nitrogens with one attached hydrogen (secondary N) is 2. The van der Waals surface area contributed by atoms with Crippen molar-refractivity contribution in [1.82, 2.24) is 5.43 Å². The number of hydrogen-bond acceptors (Lipinski definition) is 3. The second-order valence-electron chi connectivity index (χ2n) is 6.52. The lowest BCUT2D eigenvalue weighted by molar-refractivity contribution is -0.379. The number of nitrogen functional groups attached to an aromatic ring is 1. The maximum Gasteiger partial charge on any atom is 0.337 e. The Morgan fingerprint density at radius 2 is 1.83 bits per heavy atom. The van der Waals surface area contributed by atoms with Gasteiger partial charge in [0, 0.05) is 5.71 Å². The van der Waals surface area contributed by atoms with Gasteiger partial charge in [-0.3, -0.25) is 4.79 Å². The molecule has 0 aromatic carbocycles. The molecule has 0 aliphatic heterocycles. The third kappa shape index (κ3) is 3.63. The number of carbonyl (C=O) groups is 1. The van der Waals surface area contributed by atoms with E-state index in [1.165, 1.54) is 25.7 Å². The largest absolute Gasteiger partial charge is 0.396 e. The molecule has 0 unspecified atom stereocenters. The highest BCUT2D eigenvalue weighted by atomic mass is 35.5. The van der Waals surface area contributed by atoms with Crippen LogP contribution >= 0.6 is 34.8 Å². The maximum absolute atomic E-state index is 12.3. The van der Waals surface area contributed by atoms with E-state index in [-0.39, 0.29) is 26.6 Å². The van der Waals surface area contributed by atoms with Crippen LogP contribution in [0, 0.1) is 11.8 Å². The number of H-pyrrole nitrogens is 1. The van der Waals surface area contributed by atoms with Crippen molar-refractivity contribution in [3.63, 3.8) is 0 Å². The molecule has 1 aromatic rings. The summed E-state index contributed by atoms with van der Waals surface area (Å²) < 4.78 is 0. The number of pyridine rings is 1. The number of anilines is 1. The number of aromatic nitrogens is 1. The zero-order valence-electron chi connectivity index (χ0n) is 13.2. The van der Waals surface area contributed by atoms with Gasteiger partial charge in [-0.15, -0.1) is 0 Å². The molecule has 5 nitrogen and oxygen atoms in total. The van der Waals surface area contributed by atoms with Crippen molar-refractivity contribution >= 4 is 52.1 Å². The molecular weight excluding hydrogens is 371 g/mol. The maximum atomic E-state index is 12.3. The summed E-state index contributed by atoms with van der Waals surface area (Å²) >= 11 is 17.9. The Balaban J connectivity index is 1.69. The average Bonchev–Trinajstić information content (AvgIpc) is 2.60. The first-order valence-electron chi connectivity index (χ1n) is 8.18. The van der Waals surface area contributed by atoms with E-state index in [1.807, 2.05) is 0 Å². The molecule has 0 spiro atoms. The Kier molecular flexibility index (Phi) is 5.52. The second kappa shape index (κ2) is 7.46. The van der Waals surface area contributed by atoms with E-state index >= 15 is 0 Å². The van der Waals surface area contributed by atoms with Crippen molar-refractivity contribution in [3.8, 4) is 0 Å². The van der Waals surface area contributed by atoms with Crippen LogP contribution in [-0.4, -0.2) is 11.6 Å². The summed E-state index contributed by atoms with van der Waals surface area (Å²) in [6, 6.07) is 0. The molecule has 2 fully saturated rings. The molecule has 3 rings (SSSR count). The van der Waals surface area contributed by atoms with E-state index in [1.54, 1.807) is 0 Å². The van der Waals surface area contributed by atoms with Gasteiger partial charge in [0.15, 0.2) is 0 Å². The summed E-state index contributed by atoms with van der Waals surface area (Å²) in [6.45, 7) is 0. The first-order valence-corrected chi connectivity index (χ1v) is 9.31. The molecular formula is C16H20Cl3N4O+. The molecule has 1 heterocycles. The fourth-order valence-electron chi connectivity index (χ4n) is 3.70. The number of amides is 1. The van der Waals surface area contributed by atoms with Gasteiger partial charge in [-0.1, -0.05) is 42.5 Å². The molecule has 2 saturated carbocycles. The lowest BCUT2D eigenvalue weighted by Gasteiger charge is -2.35. The van der Waals surface area contributed by atoms with Gasteiger partial charge in [0.05, 0.1) is 5.69 Å². The monoisotopic (exact) mass is 389 g/mol. The lowest BCUT2D eigenvalue weighted by Crippen LogP contribution is -2.32. The van der Waals surface area contributed by atoms with Crippen molar-refractivity contribution in [2.24, 2.45) is 16.9 Å². The van der Waals surface area contributed by atoms with Gasteiger partial charge < -0.3 is 5.73 Å². The molecule has 0 radical (unpaired) electrons. The molecule has 1 aromatic heterocycles. The van der Waals surface area contributed by atoms with Gasteiger partial charge in [0.25, 0.3) is 10.8 Å². The van der Waals surface area contributed by atoms with Crippen LogP contribution in [0.5, 0.6) is 0 Å². The summed E-state index contributed by atoms with van der Waals surface area (Å²) in [6.07, 6.45) is 8.30. The number of aromatic amines is 1. The molecule has 2 atom stereocenters. The number of fused-ring (bicyclic) bond motifs is 1. The zero-order valence-corrected chi connectivity index (χ0v) is 15.4. The number of hydrazone groups is 1. The summed E-state index contributed by atoms with van der Waals surface area (Å²) in [7, 11) is 0. The summed E-state index contributed by atoms with van der Waals surface area (Å²) in [5, 5.41) is 4.50. The number of nitrogens with two attached hydrogens (primary N) is 1. The van der Waals surface area contributed by atoms with Crippen LogP contribution in [0.15, 0.2) is 5.10 Å². The van der Waals surface area contributed by atoms with Crippen molar-refractivity contribution in [1.29, 1.82) is 0 Å². The molecule has 8 heteroatoms. The summed E-state index contributed by atoms with van der Waals surface area (Å²) in [5.41, 5.74) is 9.47. The predicted molar refractivity (Wildman–Crippen MR) is 96.6 cm³/mol. The van der Waals surface area contributed by atoms with Gasteiger partial charge in [-0.05, 0) is 49.1 Å². The van der Waals surface area contributed by atoms with E-state index in [0.717, 1.165) is 30.9 Å². The summed E-state index contributed by atoms with van der Waals surface area (Å²) in [5.74, 6) is 1.05. The quantitative estimate of drug-likeness (QED) is 0.588. The fourth-order valence-corrected chi connectivity index (χ4v) is 4.32. The van der Waals surface area contributed by atoms with Gasteiger partial charge in [0.1, 0.15) is 10.0 Å². The molecule has 4 N–H and O–H groups in total. The lowest BCUT2D eigenvalue weighted by atomic mass is 9.70. The van der Waals surface area contributed by atoms with Gasteiger partial charge >= 0.3 is 5.91 Å². The molecule has 0 bridgehead atoms. The van der Waals surface area contributed by atoms with Gasteiger partial charge in [-0.2, -0.15) is 10.1 Å². The minimum atomic E-state index is -0.483. The number of nitrogens with zero attached hydrogens (tertiary/aromatic N) is 1. The van der Waals surface area contributed by atoms with Crippen LogP contribution < -0.4 is 16.1 Å². The standard InChI is InChI=1S/C16H19Cl3N4O/c17-11-13(20)12(18)15(19)21-14(11)16(24)23-22-10-6-5-8-3-1-2-4-9(8)7-10/h8-9H,1-7H2,(H2,20,21)(H,23,24)/p+1/b22-10-/t8-,9-/m0/s1. The van der Waals surface area contributed by atoms with Gasteiger partial charge in [0.2, 0.25) is 0 Å². The van der Waals surface area contributed by atoms with Crippen molar-refractivity contribution < 1.29 is 9.78 Å². The highest BCUT2D eigenvalue weighted by molar-refractivity contribution is 6.45. The Bertz CT molecular complexity index is 692. The van der Waals surface area contributed by atoms with E-state index in [4.69, 9.17) is 40.5 Å². The Labute approximate surface area is 155 Å². The molecule has 24 heavy (non-hydrogen) atoms. The van der Waals surface area contributed by atoms with Crippen LogP contribution in [-0.2, 0) is 0 Å². The van der Waals surface area contributed by atoms with E-state index in [2.05, 4.69) is 15.5 Å². The van der Waals surface area contributed by atoms with Crippen LogP contribution in [0.3, 0.4) is 0 Å². The first kappa shape index (κ1) is 17.8. The van der Waals surface area contributed by atoms with Crippen molar-refractivity contribution in [3.05, 3.63) is 20.9 Å². The Hall–Kier alpha value is -1.04. The van der Waals surface area contributed by atoms with E-state index in [9.17, 15) is 4.79 Å². The third-order valence-electron chi connectivity index (χ3n) is 5.03. The number of halogens is 3. The normalized spacial score (nSPS) is 25.4. The van der Waals surface area contributed by atoms with Gasteiger partial charge in [-0.25, -0.2) is 5.43 Å². The number of carbonyl (C=O) groups excluding carboxylic acids is 1. The number of hydrogen-bond donors (Lipinski definition) is 2. The third-order valence-corrected chi connectivity index (χ3v) is 6.20. The van der Waals surface area contributed by atoms with Crippen LogP contribution in [0.1, 0.15) is 55.4 Å². The van der Waals surface area contributed by atoms with Crippen molar-refractivity contribution in [2.75, 3.05) is 5.73 Å². The number of rotatable bonds is 2. The highest BCUT2D eigenvalue weighted by Crippen LogP contribution is 2.39. The fraction of sp³-hybridized carbons (Fsp3) is 0.562. The second-order valence-corrected chi connectivity index (χ2v) is 7.66. The molecule has 1 amide bonds. The minimum Gasteiger partial charge on any atom is -0.396 e. The minimum absolute atomic E-state index is 0.0399. The van der Waals surface area contributed by atoms with E-state index in [0.29, 0.717) is 5.92 Å². The first-order chi connectivity index (χ1) is 11.5. The molecule has 2 aliphatic rings. The molecule has 2 aliphatic carbocycles. The van der Waals surface area contributed by atoms with Crippen LogP contribution in [0.2, 0.25) is 15.2 Å². The molecule has 130 valence electrons. The summed E-state index contributed by atoms with van der Waals surface area (Å²) in [4.78, 5) is 15.0.